The molecule has 2 rings (SSSR count). The summed E-state index contributed by atoms with van der Waals surface area (Å²) in [6.45, 7) is 0.990. The molecule has 2 nitrogen and oxygen atoms in total. The van der Waals surface area contributed by atoms with Crippen LogP contribution in [-0.2, 0) is 4.74 Å². The third kappa shape index (κ3) is 1.74. The molecule has 1 aromatic rings. The van der Waals surface area contributed by atoms with E-state index >= 15 is 0 Å². The van der Waals surface area contributed by atoms with Crippen molar-refractivity contribution in [3.63, 3.8) is 0 Å². The fourth-order valence-electron chi connectivity index (χ4n) is 1.83. The Morgan fingerprint density at radius 3 is 2.77 bits per heavy atom. The minimum Gasteiger partial charge on any atom is -0.396 e. The molecule has 0 spiro atoms. The van der Waals surface area contributed by atoms with Gasteiger partial charge in [-0.05, 0) is 12.0 Å². The lowest BCUT2D eigenvalue weighted by Gasteiger charge is -2.16. The van der Waals surface area contributed by atoms with Crippen molar-refractivity contribution < 1.29 is 9.84 Å². The number of ether oxygens (including phenoxy) is 1. The SMILES string of the molecule is OC[C@H]1CCO[C@@H]1c1ccccc1. The van der Waals surface area contributed by atoms with Crippen molar-refractivity contribution in [3.05, 3.63) is 35.9 Å². The van der Waals surface area contributed by atoms with Gasteiger partial charge in [-0.15, -0.1) is 0 Å². The van der Waals surface area contributed by atoms with Crippen LogP contribution in [0.25, 0.3) is 0 Å². The molecule has 1 aliphatic heterocycles. The van der Waals surface area contributed by atoms with Gasteiger partial charge in [0.25, 0.3) is 0 Å². The monoisotopic (exact) mass is 178 g/mol. The van der Waals surface area contributed by atoms with Gasteiger partial charge < -0.3 is 9.84 Å². The van der Waals surface area contributed by atoms with Gasteiger partial charge in [0.15, 0.2) is 0 Å². The van der Waals surface area contributed by atoms with E-state index in [4.69, 9.17) is 9.84 Å². The summed E-state index contributed by atoms with van der Waals surface area (Å²) in [6, 6.07) is 10.1. The van der Waals surface area contributed by atoms with Crippen molar-refractivity contribution in [2.24, 2.45) is 5.92 Å². The van der Waals surface area contributed by atoms with Gasteiger partial charge in [0.1, 0.15) is 0 Å². The number of hydrogen-bond donors (Lipinski definition) is 1. The number of hydrogen-bond acceptors (Lipinski definition) is 2. The average Bonchev–Trinajstić information content (AvgIpc) is 2.67. The predicted octanol–water partition coefficient (Wildman–Crippen LogP) is 1.76. The number of rotatable bonds is 2. The molecule has 2 atom stereocenters. The summed E-state index contributed by atoms with van der Waals surface area (Å²) in [4.78, 5) is 0. The molecule has 0 bridgehead atoms. The first-order valence-corrected chi connectivity index (χ1v) is 4.69. The van der Waals surface area contributed by atoms with Crippen molar-refractivity contribution in [1.29, 1.82) is 0 Å². The summed E-state index contributed by atoms with van der Waals surface area (Å²) in [5.74, 6) is 0.280. The van der Waals surface area contributed by atoms with Crippen LogP contribution in [0.4, 0.5) is 0 Å². The van der Waals surface area contributed by atoms with E-state index in [-0.39, 0.29) is 18.6 Å². The molecule has 0 unspecified atom stereocenters. The van der Waals surface area contributed by atoms with Gasteiger partial charge in [-0.25, -0.2) is 0 Å². The third-order valence-corrected chi connectivity index (χ3v) is 2.58. The van der Waals surface area contributed by atoms with Gasteiger partial charge in [-0.2, -0.15) is 0 Å². The molecule has 1 saturated heterocycles. The molecule has 13 heavy (non-hydrogen) atoms. The van der Waals surface area contributed by atoms with Gasteiger partial charge in [0.05, 0.1) is 6.10 Å². The summed E-state index contributed by atoms with van der Waals surface area (Å²) < 4.78 is 5.58. The average molecular weight is 178 g/mol. The van der Waals surface area contributed by atoms with Crippen molar-refractivity contribution in [1.82, 2.24) is 0 Å². The van der Waals surface area contributed by atoms with E-state index < -0.39 is 0 Å². The maximum Gasteiger partial charge on any atom is 0.0875 e. The predicted molar refractivity (Wildman–Crippen MR) is 50.3 cm³/mol. The first-order chi connectivity index (χ1) is 6.42. The molecule has 1 fully saturated rings. The molecule has 0 aromatic heterocycles. The topological polar surface area (TPSA) is 29.5 Å². The smallest absolute Gasteiger partial charge is 0.0875 e. The van der Waals surface area contributed by atoms with Crippen LogP contribution in [0.5, 0.6) is 0 Å². The Hall–Kier alpha value is -0.860. The molecule has 1 N–H and O–H groups in total. The lowest BCUT2D eigenvalue weighted by molar-refractivity contribution is 0.0720. The highest BCUT2D eigenvalue weighted by molar-refractivity contribution is 5.19. The van der Waals surface area contributed by atoms with Crippen LogP contribution < -0.4 is 0 Å². The molecule has 1 heterocycles. The molecule has 0 saturated carbocycles. The maximum atomic E-state index is 9.12. The van der Waals surface area contributed by atoms with Gasteiger partial charge in [-0.1, -0.05) is 30.3 Å². The zero-order valence-electron chi connectivity index (χ0n) is 7.52. The highest BCUT2D eigenvalue weighted by Gasteiger charge is 2.28. The normalized spacial score (nSPS) is 27.8. The van der Waals surface area contributed by atoms with Crippen molar-refractivity contribution in [2.45, 2.75) is 12.5 Å². The fraction of sp³-hybridized carbons (Fsp3) is 0.455. The van der Waals surface area contributed by atoms with Crippen LogP contribution in [0, 0.1) is 5.92 Å². The summed E-state index contributed by atoms with van der Waals surface area (Å²) in [5, 5.41) is 9.12. The standard InChI is InChI=1S/C11H14O2/c12-8-10-6-7-13-11(10)9-4-2-1-3-5-9/h1-5,10-12H,6-8H2/t10-,11-/m1/s1. The van der Waals surface area contributed by atoms with Gasteiger partial charge >= 0.3 is 0 Å². The minimum absolute atomic E-state index is 0.103. The molecule has 0 aliphatic carbocycles. The van der Waals surface area contributed by atoms with Gasteiger partial charge in [0, 0.05) is 19.1 Å². The zero-order valence-corrected chi connectivity index (χ0v) is 7.52. The summed E-state index contributed by atoms with van der Waals surface area (Å²) in [6.07, 6.45) is 1.07. The molecule has 70 valence electrons. The van der Waals surface area contributed by atoms with Crippen LogP contribution >= 0.6 is 0 Å². The number of aliphatic hydroxyl groups excluding tert-OH is 1. The Labute approximate surface area is 78.2 Å². The van der Waals surface area contributed by atoms with E-state index in [9.17, 15) is 0 Å². The molecular weight excluding hydrogens is 164 g/mol. The van der Waals surface area contributed by atoms with Crippen molar-refractivity contribution in [2.75, 3.05) is 13.2 Å². The van der Waals surface area contributed by atoms with Crippen LogP contribution in [0.2, 0.25) is 0 Å². The van der Waals surface area contributed by atoms with Crippen LogP contribution in [0.1, 0.15) is 18.1 Å². The van der Waals surface area contributed by atoms with E-state index in [0.717, 1.165) is 13.0 Å². The second kappa shape index (κ2) is 3.90. The highest BCUT2D eigenvalue weighted by Crippen LogP contribution is 2.33. The Balaban J connectivity index is 2.16. The largest absolute Gasteiger partial charge is 0.396 e. The highest BCUT2D eigenvalue weighted by atomic mass is 16.5. The van der Waals surface area contributed by atoms with Gasteiger partial charge in [-0.3, -0.25) is 0 Å². The fourth-order valence-corrected chi connectivity index (χ4v) is 1.83. The van der Waals surface area contributed by atoms with Gasteiger partial charge in [0.2, 0.25) is 0 Å². The van der Waals surface area contributed by atoms with Crippen LogP contribution in [0.15, 0.2) is 30.3 Å². The quantitative estimate of drug-likeness (QED) is 0.747. The van der Waals surface area contributed by atoms with E-state index in [0.29, 0.717) is 0 Å². The first-order valence-electron chi connectivity index (χ1n) is 4.69. The van der Waals surface area contributed by atoms with Crippen LogP contribution in [0.3, 0.4) is 0 Å². The Morgan fingerprint density at radius 2 is 2.08 bits per heavy atom. The van der Waals surface area contributed by atoms with Crippen molar-refractivity contribution >= 4 is 0 Å². The Kier molecular flexibility index (Phi) is 2.62. The molecule has 1 aliphatic rings. The third-order valence-electron chi connectivity index (χ3n) is 2.58. The lowest BCUT2D eigenvalue weighted by atomic mass is 9.96. The molecule has 0 radical (unpaired) electrons. The Bertz CT molecular complexity index is 258. The number of aliphatic hydroxyl groups is 1. The minimum atomic E-state index is 0.103. The van der Waals surface area contributed by atoms with E-state index in [1.807, 2.05) is 18.2 Å². The van der Waals surface area contributed by atoms with Crippen molar-refractivity contribution in [3.8, 4) is 0 Å². The van der Waals surface area contributed by atoms with E-state index in [1.54, 1.807) is 0 Å². The second-order valence-electron chi connectivity index (χ2n) is 3.43. The molecule has 0 amide bonds. The van der Waals surface area contributed by atoms with Crippen LogP contribution in [-0.4, -0.2) is 18.3 Å². The molecule has 1 aromatic carbocycles. The summed E-state index contributed by atoms with van der Waals surface area (Å²) in [5.41, 5.74) is 1.18. The summed E-state index contributed by atoms with van der Waals surface area (Å²) in [7, 11) is 0. The second-order valence-corrected chi connectivity index (χ2v) is 3.43. The molecule has 2 heteroatoms. The zero-order chi connectivity index (χ0) is 9.10. The number of benzene rings is 1. The lowest BCUT2D eigenvalue weighted by Crippen LogP contribution is -2.11. The van der Waals surface area contributed by atoms with E-state index in [1.165, 1.54) is 5.56 Å². The maximum absolute atomic E-state index is 9.12. The first kappa shape index (κ1) is 8.73. The Morgan fingerprint density at radius 1 is 1.31 bits per heavy atom. The van der Waals surface area contributed by atoms with E-state index in [2.05, 4.69) is 12.1 Å². The molecular formula is C11H14O2. The summed E-state index contributed by atoms with van der Waals surface area (Å²) >= 11 is 0.